The Morgan fingerprint density at radius 1 is 1.12 bits per heavy atom. The van der Waals surface area contributed by atoms with Crippen molar-refractivity contribution in [1.82, 2.24) is 4.90 Å². The van der Waals surface area contributed by atoms with Gasteiger partial charge in [0.05, 0.1) is 12.7 Å². The molecule has 0 bridgehead atoms. The van der Waals surface area contributed by atoms with E-state index in [2.05, 4.69) is 0 Å². The Hall–Kier alpha value is -1.92. The Morgan fingerprint density at radius 2 is 1.81 bits per heavy atom. The highest BCUT2D eigenvalue weighted by Crippen LogP contribution is 2.16. The zero-order chi connectivity index (χ0) is 18.8. The van der Waals surface area contributed by atoms with E-state index in [1.165, 1.54) is 6.92 Å². The maximum Gasteiger partial charge on any atom is 0.222 e. The number of ether oxygens (including phenoxy) is 2. The summed E-state index contributed by atoms with van der Waals surface area (Å²) in [6.07, 6.45) is 4.11. The quantitative estimate of drug-likeness (QED) is 0.510. The van der Waals surface area contributed by atoms with E-state index in [0.29, 0.717) is 38.2 Å². The van der Waals surface area contributed by atoms with E-state index in [-0.39, 0.29) is 17.8 Å². The molecule has 0 spiro atoms. The molecule has 2 N–H and O–H groups in total. The molecule has 1 saturated heterocycles. The summed E-state index contributed by atoms with van der Waals surface area (Å²) in [5.74, 6) is 0.939. The molecule has 0 atom stereocenters. The van der Waals surface area contributed by atoms with Crippen LogP contribution in [0, 0.1) is 0 Å². The summed E-state index contributed by atoms with van der Waals surface area (Å²) in [4.78, 5) is 25.4. The summed E-state index contributed by atoms with van der Waals surface area (Å²) in [6, 6.07) is 7.08. The summed E-state index contributed by atoms with van der Waals surface area (Å²) in [6.45, 7) is 4.92. The maximum atomic E-state index is 12.3. The lowest BCUT2D eigenvalue weighted by Gasteiger charge is -2.32. The Bertz CT molecular complexity index is 566. The van der Waals surface area contributed by atoms with Gasteiger partial charge in [0, 0.05) is 31.7 Å². The Balaban J connectivity index is 1.60. The predicted molar refractivity (Wildman–Crippen MR) is 100 cm³/mol. The van der Waals surface area contributed by atoms with Crippen LogP contribution in [0.15, 0.2) is 24.3 Å². The van der Waals surface area contributed by atoms with Gasteiger partial charge in [-0.2, -0.15) is 0 Å². The van der Waals surface area contributed by atoms with Crippen LogP contribution in [0.4, 0.5) is 0 Å². The molecular weight excluding hydrogens is 332 g/mol. The van der Waals surface area contributed by atoms with E-state index in [9.17, 15) is 9.59 Å². The fraction of sp³-hybridized carbons (Fsp3) is 0.600. The van der Waals surface area contributed by atoms with Crippen LogP contribution in [0.3, 0.4) is 0 Å². The molecular formula is C20H30N2O4. The molecule has 0 aliphatic carbocycles. The molecule has 0 saturated carbocycles. The summed E-state index contributed by atoms with van der Waals surface area (Å²) >= 11 is 0. The molecule has 0 radical (unpaired) electrons. The number of hydrogen-bond donors (Lipinski definition) is 1. The first-order valence-electron chi connectivity index (χ1n) is 9.43. The molecule has 1 amide bonds. The van der Waals surface area contributed by atoms with Gasteiger partial charge in [0.1, 0.15) is 5.75 Å². The number of nitrogens with two attached hydrogens (primary N) is 1. The van der Waals surface area contributed by atoms with Gasteiger partial charge >= 0.3 is 0 Å². The number of benzene rings is 1. The Labute approximate surface area is 155 Å². The van der Waals surface area contributed by atoms with Crippen LogP contribution < -0.4 is 10.5 Å². The second kappa shape index (κ2) is 10.9. The third kappa shape index (κ3) is 6.77. The first-order valence-corrected chi connectivity index (χ1v) is 9.43. The molecule has 1 aliphatic heterocycles. The molecule has 1 fully saturated rings. The summed E-state index contributed by atoms with van der Waals surface area (Å²) in [5.41, 5.74) is 6.13. The minimum absolute atomic E-state index is 0.0377. The van der Waals surface area contributed by atoms with Gasteiger partial charge in [0.25, 0.3) is 0 Å². The zero-order valence-electron chi connectivity index (χ0n) is 15.6. The van der Waals surface area contributed by atoms with Gasteiger partial charge in [-0.3, -0.25) is 9.59 Å². The standard InChI is InChI=1S/C20H30N2O4/c1-16(23)17-5-7-18(8-6-17)25-14-2-4-20(24)22-12-9-19(10-13-22)26-15-3-11-21/h5-8,19H,2-4,9-15,21H2,1H3. The zero-order valence-corrected chi connectivity index (χ0v) is 15.6. The molecule has 1 heterocycles. The minimum atomic E-state index is 0.0377. The number of ketones is 1. The van der Waals surface area contributed by atoms with E-state index in [4.69, 9.17) is 15.2 Å². The van der Waals surface area contributed by atoms with Crippen molar-refractivity contribution in [2.45, 2.75) is 45.1 Å². The summed E-state index contributed by atoms with van der Waals surface area (Å²) in [7, 11) is 0. The molecule has 6 heteroatoms. The number of hydrogen-bond acceptors (Lipinski definition) is 5. The number of Topliss-reactive ketones (excluding diaryl/α,β-unsaturated/α-hetero) is 1. The lowest BCUT2D eigenvalue weighted by atomic mass is 10.1. The van der Waals surface area contributed by atoms with Crippen LogP contribution in [0.5, 0.6) is 5.75 Å². The number of carbonyl (C=O) groups is 2. The van der Waals surface area contributed by atoms with Crippen LogP contribution in [0.1, 0.15) is 49.4 Å². The van der Waals surface area contributed by atoms with E-state index in [1.807, 2.05) is 4.90 Å². The molecule has 1 aromatic rings. The lowest BCUT2D eigenvalue weighted by Crippen LogP contribution is -2.41. The molecule has 6 nitrogen and oxygen atoms in total. The van der Waals surface area contributed by atoms with Gasteiger partial charge in [-0.05, 0) is 63.4 Å². The van der Waals surface area contributed by atoms with E-state index in [0.717, 1.165) is 38.1 Å². The van der Waals surface area contributed by atoms with Gasteiger partial charge in [-0.15, -0.1) is 0 Å². The van der Waals surface area contributed by atoms with Crippen molar-refractivity contribution in [3.05, 3.63) is 29.8 Å². The molecule has 144 valence electrons. The Kier molecular flexibility index (Phi) is 8.58. The van der Waals surface area contributed by atoms with Gasteiger partial charge < -0.3 is 20.1 Å². The number of carbonyl (C=O) groups excluding carboxylic acids is 2. The average molecular weight is 362 g/mol. The predicted octanol–water partition coefficient (Wildman–Crippen LogP) is 2.40. The van der Waals surface area contributed by atoms with Gasteiger partial charge in [0.15, 0.2) is 5.78 Å². The third-order valence-electron chi connectivity index (χ3n) is 4.56. The smallest absolute Gasteiger partial charge is 0.222 e. The molecule has 1 aromatic carbocycles. The summed E-state index contributed by atoms with van der Waals surface area (Å²) in [5, 5.41) is 0. The van der Waals surface area contributed by atoms with Gasteiger partial charge in [-0.1, -0.05) is 0 Å². The van der Waals surface area contributed by atoms with Crippen molar-refractivity contribution in [2.75, 3.05) is 32.8 Å². The first kappa shape index (κ1) is 20.4. The molecule has 1 aliphatic rings. The monoisotopic (exact) mass is 362 g/mol. The SMILES string of the molecule is CC(=O)c1ccc(OCCCC(=O)N2CCC(OCCCN)CC2)cc1. The van der Waals surface area contributed by atoms with Crippen LogP contribution in [-0.4, -0.2) is 55.5 Å². The van der Waals surface area contributed by atoms with Gasteiger partial charge in [0.2, 0.25) is 5.91 Å². The Morgan fingerprint density at radius 3 is 2.42 bits per heavy atom. The third-order valence-corrected chi connectivity index (χ3v) is 4.56. The van der Waals surface area contributed by atoms with Crippen molar-refractivity contribution >= 4 is 11.7 Å². The maximum absolute atomic E-state index is 12.3. The van der Waals surface area contributed by atoms with Crippen molar-refractivity contribution < 1.29 is 19.1 Å². The number of piperidine rings is 1. The molecule has 26 heavy (non-hydrogen) atoms. The van der Waals surface area contributed by atoms with E-state index >= 15 is 0 Å². The number of amides is 1. The van der Waals surface area contributed by atoms with Crippen LogP contribution >= 0.6 is 0 Å². The van der Waals surface area contributed by atoms with E-state index in [1.54, 1.807) is 24.3 Å². The molecule has 0 unspecified atom stereocenters. The van der Waals surface area contributed by atoms with E-state index < -0.39 is 0 Å². The number of rotatable bonds is 10. The fourth-order valence-electron chi connectivity index (χ4n) is 2.96. The summed E-state index contributed by atoms with van der Waals surface area (Å²) < 4.78 is 11.4. The minimum Gasteiger partial charge on any atom is -0.494 e. The largest absolute Gasteiger partial charge is 0.494 e. The van der Waals surface area contributed by atoms with Crippen molar-refractivity contribution in [3.63, 3.8) is 0 Å². The van der Waals surface area contributed by atoms with Crippen molar-refractivity contribution in [3.8, 4) is 5.75 Å². The van der Waals surface area contributed by atoms with Crippen molar-refractivity contribution in [1.29, 1.82) is 0 Å². The lowest BCUT2D eigenvalue weighted by molar-refractivity contribution is -0.134. The fourth-order valence-corrected chi connectivity index (χ4v) is 2.96. The highest BCUT2D eigenvalue weighted by atomic mass is 16.5. The van der Waals surface area contributed by atoms with Crippen molar-refractivity contribution in [2.24, 2.45) is 5.73 Å². The van der Waals surface area contributed by atoms with Gasteiger partial charge in [-0.25, -0.2) is 0 Å². The highest BCUT2D eigenvalue weighted by molar-refractivity contribution is 5.94. The molecule has 2 rings (SSSR count). The topological polar surface area (TPSA) is 81.9 Å². The van der Waals surface area contributed by atoms with Crippen LogP contribution in [-0.2, 0) is 9.53 Å². The highest BCUT2D eigenvalue weighted by Gasteiger charge is 2.22. The second-order valence-corrected chi connectivity index (χ2v) is 6.63. The molecule has 0 aromatic heterocycles. The normalized spacial score (nSPS) is 15.1. The number of nitrogens with zero attached hydrogens (tertiary/aromatic N) is 1. The van der Waals surface area contributed by atoms with Crippen LogP contribution in [0.25, 0.3) is 0 Å². The first-order chi connectivity index (χ1) is 12.6. The second-order valence-electron chi connectivity index (χ2n) is 6.63. The average Bonchev–Trinajstić information content (AvgIpc) is 2.66. The van der Waals surface area contributed by atoms with Crippen LogP contribution in [0.2, 0.25) is 0 Å². The number of likely N-dealkylation sites (tertiary alicyclic amines) is 1.